The summed E-state index contributed by atoms with van der Waals surface area (Å²) in [4.78, 5) is 23.3. The second-order valence-electron chi connectivity index (χ2n) is 11.3. The fraction of sp³-hybridized carbons (Fsp3) is 0.212. The first-order valence-corrected chi connectivity index (χ1v) is 17.0. The summed E-state index contributed by atoms with van der Waals surface area (Å²) in [6.07, 6.45) is 0.952. The summed E-state index contributed by atoms with van der Waals surface area (Å²) in [5, 5.41) is 5.12. The van der Waals surface area contributed by atoms with Gasteiger partial charge >= 0.3 is 0 Å². The van der Waals surface area contributed by atoms with Crippen molar-refractivity contribution in [2.75, 3.05) is 24.8 Å². The average molecular weight is 710 g/mol. The molecule has 0 radical (unpaired) electrons. The Morgan fingerprint density at radius 1 is 0.959 bits per heavy atom. The number of rotatable bonds is 10. The molecule has 12 nitrogen and oxygen atoms in total. The van der Waals surface area contributed by atoms with Gasteiger partial charge in [-0.05, 0) is 60.0 Å². The molecule has 1 atom stereocenters. The predicted octanol–water partition coefficient (Wildman–Crippen LogP) is 4.82. The van der Waals surface area contributed by atoms with E-state index in [-0.39, 0.29) is 63.2 Å². The number of ether oxygens (including phenoxy) is 2. The molecule has 254 valence electrons. The van der Waals surface area contributed by atoms with Gasteiger partial charge in [-0.25, -0.2) is 26.5 Å². The topological polar surface area (TPSA) is 147 Å². The Hall–Kier alpha value is -5.12. The number of nitrogens with zero attached hydrogens (tertiary/aromatic N) is 6. The van der Waals surface area contributed by atoms with Crippen LogP contribution in [0.4, 0.5) is 14.6 Å². The van der Waals surface area contributed by atoms with Gasteiger partial charge in [0.05, 0.1) is 60.1 Å². The van der Waals surface area contributed by atoms with Gasteiger partial charge in [-0.1, -0.05) is 23.7 Å². The molecule has 0 fully saturated rings. The lowest BCUT2D eigenvalue weighted by molar-refractivity contribution is 0.399. The van der Waals surface area contributed by atoms with E-state index in [0.717, 1.165) is 28.8 Å². The smallest absolute Gasteiger partial charge is 0.267 e. The van der Waals surface area contributed by atoms with Gasteiger partial charge < -0.3 is 15.2 Å². The first kappa shape index (κ1) is 33.8. The highest BCUT2D eigenvalue weighted by Crippen LogP contribution is 2.38. The van der Waals surface area contributed by atoms with Crippen LogP contribution in [0.15, 0.2) is 71.5 Å². The Labute approximate surface area is 284 Å². The molecule has 0 aliphatic heterocycles. The van der Waals surface area contributed by atoms with Crippen LogP contribution in [0.2, 0.25) is 5.02 Å². The second kappa shape index (κ2) is 13.1. The summed E-state index contributed by atoms with van der Waals surface area (Å²) in [5.74, 6) is -0.741. The maximum Gasteiger partial charge on any atom is 0.267 e. The van der Waals surface area contributed by atoms with Crippen LogP contribution < -0.4 is 25.1 Å². The van der Waals surface area contributed by atoms with Crippen LogP contribution in [0.25, 0.3) is 27.6 Å². The minimum absolute atomic E-state index is 0.00694. The number of benzene rings is 3. The SMILES string of the molecule is COc1ccc(CN(c2nn(C)c3c(-n4c(C(N)Cc5cc(F)cc(F)c5)nc5nc(OC)ccc5c4=O)ccc(Cl)c23)S(C)(=O)=O)cc1. The Balaban J connectivity index is 1.59. The standard InChI is InChI=1S/C33H30ClF2N7O5S/c1-41-29-26(11-10-24(34)28(29)32(40-41)42(49(4,45)46)17-18-5-7-22(47-2)8-6-18)43-31(25(37)15-19-13-20(35)16-21(36)14-19)39-30-23(33(43)44)9-12-27(38-30)48-3/h5-14,16,25H,15,17,37H2,1-4H3. The van der Waals surface area contributed by atoms with Crippen LogP contribution in [0.5, 0.6) is 11.6 Å². The molecule has 3 heterocycles. The Morgan fingerprint density at radius 2 is 1.65 bits per heavy atom. The monoisotopic (exact) mass is 709 g/mol. The summed E-state index contributed by atoms with van der Waals surface area (Å²) in [6.45, 7) is -0.0825. The molecular weight excluding hydrogens is 680 g/mol. The molecule has 0 aliphatic carbocycles. The molecule has 3 aromatic heterocycles. The molecule has 3 aromatic carbocycles. The first-order valence-electron chi connectivity index (χ1n) is 14.7. The van der Waals surface area contributed by atoms with Gasteiger partial charge in [0, 0.05) is 19.2 Å². The van der Waals surface area contributed by atoms with Crippen molar-refractivity contribution in [3.05, 3.63) is 111 Å². The quantitative estimate of drug-likeness (QED) is 0.211. The van der Waals surface area contributed by atoms with Crippen molar-refractivity contribution in [2.45, 2.75) is 19.0 Å². The molecular formula is C33H30ClF2N7O5S. The molecule has 2 N–H and O–H groups in total. The van der Waals surface area contributed by atoms with E-state index in [9.17, 15) is 22.0 Å². The summed E-state index contributed by atoms with van der Waals surface area (Å²) in [7, 11) is 0.603. The number of nitrogens with two attached hydrogens (primary N) is 1. The van der Waals surface area contributed by atoms with Gasteiger partial charge in [-0.3, -0.25) is 14.0 Å². The lowest BCUT2D eigenvalue weighted by atomic mass is 10.0. The Kier molecular flexibility index (Phi) is 9.00. The second-order valence-corrected chi connectivity index (χ2v) is 13.6. The maximum absolute atomic E-state index is 14.3. The van der Waals surface area contributed by atoms with Crippen molar-refractivity contribution in [3.8, 4) is 17.3 Å². The number of halogens is 3. The van der Waals surface area contributed by atoms with Gasteiger partial charge in [0.1, 0.15) is 23.2 Å². The molecule has 0 aliphatic rings. The van der Waals surface area contributed by atoms with Crippen LogP contribution in [0.1, 0.15) is 23.0 Å². The summed E-state index contributed by atoms with van der Waals surface area (Å²) in [6, 6.07) is 14.9. The Bertz CT molecular complexity index is 2380. The van der Waals surface area contributed by atoms with E-state index in [1.165, 1.54) is 41.7 Å². The lowest BCUT2D eigenvalue weighted by Crippen LogP contribution is -2.30. The zero-order valence-electron chi connectivity index (χ0n) is 26.7. The Morgan fingerprint density at radius 3 is 2.29 bits per heavy atom. The highest BCUT2D eigenvalue weighted by Gasteiger charge is 2.29. The predicted molar refractivity (Wildman–Crippen MR) is 182 cm³/mol. The average Bonchev–Trinajstić information content (AvgIpc) is 3.40. The number of hydrogen-bond donors (Lipinski definition) is 1. The van der Waals surface area contributed by atoms with Gasteiger partial charge in [-0.15, -0.1) is 0 Å². The third-order valence-corrected chi connectivity index (χ3v) is 9.33. The summed E-state index contributed by atoms with van der Waals surface area (Å²) < 4.78 is 69.0. The van der Waals surface area contributed by atoms with Crippen LogP contribution in [-0.4, -0.2) is 53.2 Å². The van der Waals surface area contributed by atoms with Gasteiger partial charge in [0.15, 0.2) is 11.5 Å². The molecule has 0 saturated heterocycles. The number of anilines is 1. The molecule has 0 bridgehead atoms. The number of aryl methyl sites for hydroxylation is 1. The van der Waals surface area contributed by atoms with E-state index in [0.29, 0.717) is 16.8 Å². The molecule has 0 amide bonds. The van der Waals surface area contributed by atoms with Crippen molar-refractivity contribution < 1.29 is 26.7 Å². The molecule has 0 spiro atoms. The van der Waals surface area contributed by atoms with Gasteiger partial charge in [-0.2, -0.15) is 10.1 Å². The zero-order chi connectivity index (χ0) is 35.2. The van der Waals surface area contributed by atoms with Crippen molar-refractivity contribution in [1.82, 2.24) is 24.3 Å². The fourth-order valence-corrected chi connectivity index (χ4v) is 6.74. The third-order valence-electron chi connectivity index (χ3n) is 7.91. The van der Waals surface area contributed by atoms with Crippen LogP contribution >= 0.6 is 11.6 Å². The number of sulfonamides is 1. The molecule has 16 heteroatoms. The van der Waals surface area contributed by atoms with Crippen LogP contribution in [-0.2, 0) is 30.0 Å². The molecule has 6 aromatic rings. The highest BCUT2D eigenvalue weighted by atomic mass is 35.5. The fourth-order valence-electron chi connectivity index (χ4n) is 5.67. The lowest BCUT2D eigenvalue weighted by Gasteiger charge is -2.21. The number of fused-ring (bicyclic) bond motifs is 2. The van der Waals surface area contributed by atoms with Gasteiger partial charge in [0.2, 0.25) is 15.9 Å². The minimum Gasteiger partial charge on any atom is -0.497 e. The molecule has 0 saturated carbocycles. The number of methoxy groups -OCH3 is 2. The van der Waals surface area contributed by atoms with E-state index < -0.39 is 33.3 Å². The van der Waals surface area contributed by atoms with Crippen LogP contribution in [0, 0.1) is 11.6 Å². The summed E-state index contributed by atoms with van der Waals surface area (Å²) >= 11 is 6.77. The minimum atomic E-state index is -3.93. The molecule has 49 heavy (non-hydrogen) atoms. The number of hydrogen-bond acceptors (Lipinski definition) is 9. The van der Waals surface area contributed by atoms with E-state index in [1.807, 2.05) is 0 Å². The van der Waals surface area contributed by atoms with Gasteiger partial charge in [0.25, 0.3) is 5.56 Å². The van der Waals surface area contributed by atoms with Crippen molar-refractivity contribution >= 4 is 49.4 Å². The molecule has 1 unspecified atom stereocenters. The highest BCUT2D eigenvalue weighted by molar-refractivity contribution is 7.92. The van der Waals surface area contributed by atoms with Crippen molar-refractivity contribution in [1.29, 1.82) is 0 Å². The largest absolute Gasteiger partial charge is 0.497 e. The van der Waals surface area contributed by atoms with E-state index in [2.05, 4.69) is 15.1 Å². The zero-order valence-corrected chi connectivity index (χ0v) is 28.3. The number of pyridine rings is 1. The van der Waals surface area contributed by atoms with E-state index >= 15 is 0 Å². The molecule has 6 rings (SSSR count). The first-order chi connectivity index (χ1) is 23.3. The third kappa shape index (κ3) is 6.51. The van der Waals surface area contributed by atoms with Crippen molar-refractivity contribution in [3.63, 3.8) is 0 Å². The normalized spacial score (nSPS) is 12.4. The number of aromatic nitrogens is 5. The van der Waals surface area contributed by atoms with E-state index in [4.69, 9.17) is 26.8 Å². The maximum atomic E-state index is 14.3. The van der Waals surface area contributed by atoms with Crippen molar-refractivity contribution in [2.24, 2.45) is 12.8 Å². The summed E-state index contributed by atoms with van der Waals surface area (Å²) in [5.41, 5.74) is 7.52. The van der Waals surface area contributed by atoms with E-state index in [1.54, 1.807) is 37.4 Å². The van der Waals surface area contributed by atoms with Crippen LogP contribution in [0.3, 0.4) is 0 Å².